The minimum atomic E-state index is -1.08. The van der Waals surface area contributed by atoms with Crippen LogP contribution < -0.4 is 4.90 Å². The molecule has 1 unspecified atom stereocenters. The Morgan fingerprint density at radius 1 is 0.939 bits per heavy atom. The first kappa shape index (κ1) is 20.6. The molecule has 2 aliphatic heterocycles. The van der Waals surface area contributed by atoms with Crippen molar-refractivity contribution in [2.45, 2.75) is 18.9 Å². The summed E-state index contributed by atoms with van der Waals surface area (Å²) in [5.41, 5.74) is 2.48. The number of nitrogens with zero attached hydrogens (tertiary/aromatic N) is 3. The van der Waals surface area contributed by atoms with Crippen molar-refractivity contribution in [2.75, 3.05) is 11.4 Å². The number of nitro groups is 1. The summed E-state index contributed by atoms with van der Waals surface area (Å²) >= 11 is 0. The number of hydrogen-bond donors (Lipinski definition) is 0. The van der Waals surface area contributed by atoms with Crippen molar-refractivity contribution >= 4 is 29.1 Å². The standard InChI is InChI=1S/C25H19N3O5/c29-23-19-8-4-5-9-20(19)24(30)27(23)22(14-16-6-2-1-3-7-16)25(31)26-13-12-17-10-11-18(28(32)33)15-21(17)26/h1-11,15,22H,12-14H2. The van der Waals surface area contributed by atoms with Crippen molar-refractivity contribution in [3.05, 3.63) is 105 Å². The molecule has 3 amide bonds. The van der Waals surface area contributed by atoms with Gasteiger partial charge < -0.3 is 4.90 Å². The SMILES string of the molecule is O=C(C(Cc1ccccc1)N1C(=O)c2ccccc2C1=O)N1CCc2ccc([N+](=O)[O-])cc21. The van der Waals surface area contributed by atoms with Gasteiger partial charge in [0.1, 0.15) is 6.04 Å². The average molecular weight is 441 g/mol. The van der Waals surface area contributed by atoms with E-state index in [1.807, 2.05) is 30.3 Å². The number of non-ortho nitro benzene ring substituents is 1. The predicted molar refractivity (Wildman–Crippen MR) is 120 cm³/mol. The summed E-state index contributed by atoms with van der Waals surface area (Å²) < 4.78 is 0. The zero-order chi connectivity index (χ0) is 23.1. The van der Waals surface area contributed by atoms with E-state index in [0.717, 1.165) is 16.0 Å². The van der Waals surface area contributed by atoms with Crippen LogP contribution in [-0.2, 0) is 17.6 Å². The van der Waals surface area contributed by atoms with Gasteiger partial charge in [-0.3, -0.25) is 29.4 Å². The summed E-state index contributed by atoms with van der Waals surface area (Å²) in [6.07, 6.45) is 0.686. The van der Waals surface area contributed by atoms with E-state index < -0.39 is 28.7 Å². The van der Waals surface area contributed by atoms with Crippen molar-refractivity contribution in [1.82, 2.24) is 4.90 Å². The Labute approximate surface area is 189 Å². The van der Waals surface area contributed by atoms with Gasteiger partial charge in [-0.25, -0.2) is 0 Å². The molecule has 0 aliphatic carbocycles. The summed E-state index contributed by atoms with van der Waals surface area (Å²) in [6, 6.07) is 19.0. The van der Waals surface area contributed by atoms with Gasteiger partial charge in [0.05, 0.1) is 21.7 Å². The molecule has 2 aliphatic rings. The highest BCUT2D eigenvalue weighted by Gasteiger charge is 2.45. The van der Waals surface area contributed by atoms with Gasteiger partial charge in [-0.1, -0.05) is 48.5 Å². The number of carbonyl (C=O) groups is 3. The summed E-state index contributed by atoms with van der Waals surface area (Å²) in [5.74, 6) is -1.46. The van der Waals surface area contributed by atoms with Crippen LogP contribution >= 0.6 is 0 Å². The molecule has 0 radical (unpaired) electrons. The van der Waals surface area contributed by atoms with Crippen LogP contribution in [0.4, 0.5) is 11.4 Å². The normalized spacial score (nSPS) is 15.4. The second-order valence-electron chi connectivity index (χ2n) is 8.04. The molecule has 5 rings (SSSR count). The Hall–Kier alpha value is -4.33. The number of anilines is 1. The third kappa shape index (κ3) is 3.45. The Kier molecular flexibility index (Phi) is 4.97. The molecular formula is C25H19N3O5. The molecule has 8 nitrogen and oxygen atoms in total. The molecule has 0 spiro atoms. The van der Waals surface area contributed by atoms with Gasteiger partial charge in [0.15, 0.2) is 0 Å². The van der Waals surface area contributed by atoms with Crippen LogP contribution in [-0.4, -0.2) is 40.1 Å². The Morgan fingerprint density at radius 2 is 1.58 bits per heavy atom. The first-order chi connectivity index (χ1) is 16.0. The van der Waals surface area contributed by atoms with E-state index in [2.05, 4.69) is 0 Å². The van der Waals surface area contributed by atoms with E-state index >= 15 is 0 Å². The molecule has 33 heavy (non-hydrogen) atoms. The lowest BCUT2D eigenvalue weighted by molar-refractivity contribution is -0.384. The maximum Gasteiger partial charge on any atom is 0.271 e. The fourth-order valence-electron chi connectivity index (χ4n) is 4.51. The Morgan fingerprint density at radius 3 is 2.21 bits per heavy atom. The highest BCUT2D eigenvalue weighted by atomic mass is 16.6. The third-order valence-electron chi connectivity index (χ3n) is 6.14. The zero-order valence-electron chi connectivity index (χ0n) is 17.5. The molecule has 164 valence electrons. The molecule has 2 heterocycles. The minimum Gasteiger partial charge on any atom is -0.310 e. The molecule has 0 bridgehead atoms. The van der Waals surface area contributed by atoms with Gasteiger partial charge in [0.2, 0.25) is 0 Å². The highest BCUT2D eigenvalue weighted by Crippen LogP contribution is 2.34. The summed E-state index contributed by atoms with van der Waals surface area (Å²) in [5, 5.41) is 11.3. The zero-order valence-corrected chi connectivity index (χ0v) is 17.5. The van der Waals surface area contributed by atoms with Gasteiger partial charge in [-0.05, 0) is 29.7 Å². The van der Waals surface area contributed by atoms with E-state index in [0.29, 0.717) is 18.7 Å². The number of amides is 3. The first-order valence-electron chi connectivity index (χ1n) is 10.6. The number of rotatable bonds is 5. The molecule has 0 N–H and O–H groups in total. The number of nitro benzene ring substituents is 1. The van der Waals surface area contributed by atoms with Crippen LogP contribution in [0.2, 0.25) is 0 Å². The van der Waals surface area contributed by atoms with E-state index in [9.17, 15) is 24.5 Å². The Balaban J connectivity index is 1.55. The van der Waals surface area contributed by atoms with Gasteiger partial charge in [0, 0.05) is 25.1 Å². The maximum absolute atomic E-state index is 13.8. The average Bonchev–Trinajstić information content (AvgIpc) is 3.36. The number of imide groups is 1. The lowest BCUT2D eigenvalue weighted by Crippen LogP contribution is -2.52. The molecule has 0 aromatic heterocycles. The molecule has 3 aromatic carbocycles. The van der Waals surface area contributed by atoms with Gasteiger partial charge in [-0.15, -0.1) is 0 Å². The van der Waals surface area contributed by atoms with Crippen molar-refractivity contribution in [2.24, 2.45) is 0 Å². The molecule has 3 aromatic rings. The van der Waals surface area contributed by atoms with E-state index in [1.165, 1.54) is 17.0 Å². The lowest BCUT2D eigenvalue weighted by atomic mass is 10.0. The van der Waals surface area contributed by atoms with Gasteiger partial charge in [-0.2, -0.15) is 0 Å². The van der Waals surface area contributed by atoms with Crippen LogP contribution in [0, 0.1) is 10.1 Å². The number of benzene rings is 3. The van der Waals surface area contributed by atoms with Crippen molar-refractivity contribution in [1.29, 1.82) is 0 Å². The Bertz CT molecular complexity index is 1270. The first-order valence-corrected chi connectivity index (χ1v) is 10.6. The van der Waals surface area contributed by atoms with E-state index in [4.69, 9.17) is 0 Å². The molecule has 0 saturated carbocycles. The summed E-state index contributed by atoms with van der Waals surface area (Å²) in [7, 11) is 0. The second kappa shape index (κ2) is 7.98. The second-order valence-corrected chi connectivity index (χ2v) is 8.04. The predicted octanol–water partition coefficient (Wildman–Crippen LogP) is 3.39. The molecule has 8 heteroatoms. The summed E-state index contributed by atoms with van der Waals surface area (Å²) in [6.45, 7) is 0.323. The third-order valence-corrected chi connectivity index (χ3v) is 6.14. The monoisotopic (exact) mass is 441 g/mol. The fourth-order valence-corrected chi connectivity index (χ4v) is 4.51. The largest absolute Gasteiger partial charge is 0.310 e. The number of fused-ring (bicyclic) bond motifs is 2. The minimum absolute atomic E-state index is 0.117. The van der Waals surface area contributed by atoms with Crippen LogP contribution in [0.1, 0.15) is 31.8 Å². The summed E-state index contributed by atoms with van der Waals surface area (Å²) in [4.78, 5) is 53.5. The van der Waals surface area contributed by atoms with Crippen molar-refractivity contribution in [3.8, 4) is 0 Å². The van der Waals surface area contributed by atoms with Crippen molar-refractivity contribution < 1.29 is 19.3 Å². The van der Waals surface area contributed by atoms with Crippen LogP contribution in [0.15, 0.2) is 72.8 Å². The van der Waals surface area contributed by atoms with Gasteiger partial charge in [0.25, 0.3) is 23.4 Å². The van der Waals surface area contributed by atoms with Crippen LogP contribution in [0.3, 0.4) is 0 Å². The van der Waals surface area contributed by atoms with Crippen LogP contribution in [0.5, 0.6) is 0 Å². The van der Waals surface area contributed by atoms with E-state index in [-0.39, 0.29) is 23.2 Å². The topological polar surface area (TPSA) is 101 Å². The van der Waals surface area contributed by atoms with Crippen LogP contribution in [0.25, 0.3) is 0 Å². The molecular weight excluding hydrogens is 422 g/mol. The van der Waals surface area contributed by atoms with E-state index in [1.54, 1.807) is 30.3 Å². The lowest BCUT2D eigenvalue weighted by Gasteiger charge is -2.29. The quantitative estimate of drug-likeness (QED) is 0.343. The van der Waals surface area contributed by atoms with Gasteiger partial charge >= 0.3 is 0 Å². The molecule has 0 fully saturated rings. The number of hydrogen-bond acceptors (Lipinski definition) is 5. The smallest absolute Gasteiger partial charge is 0.271 e. The molecule has 0 saturated heterocycles. The molecule has 1 atom stereocenters. The maximum atomic E-state index is 13.8. The number of carbonyl (C=O) groups excluding carboxylic acids is 3. The fraction of sp³-hybridized carbons (Fsp3) is 0.160. The van der Waals surface area contributed by atoms with Crippen molar-refractivity contribution in [3.63, 3.8) is 0 Å². The highest BCUT2D eigenvalue weighted by molar-refractivity contribution is 6.23.